The van der Waals surface area contributed by atoms with Crippen LogP contribution in [0.2, 0.25) is 0 Å². The number of benzene rings is 1. The van der Waals surface area contributed by atoms with Crippen molar-refractivity contribution >= 4 is 11.9 Å². The summed E-state index contributed by atoms with van der Waals surface area (Å²) in [6.07, 6.45) is 0. The molecular formula is C8H7ClO7. The summed E-state index contributed by atoms with van der Waals surface area (Å²) >= 11 is 0. The maximum atomic E-state index is 10.3. The molecule has 0 fully saturated rings. The van der Waals surface area contributed by atoms with Crippen LogP contribution in [0.3, 0.4) is 0 Å². The lowest BCUT2D eigenvalue weighted by Crippen LogP contribution is -2.30. The molecule has 88 valence electrons. The quantitative estimate of drug-likeness (QED) is 0.559. The summed E-state index contributed by atoms with van der Waals surface area (Å²) in [7, 11) is -2.60. The topological polar surface area (TPSA) is 141 Å². The van der Waals surface area contributed by atoms with E-state index < -0.39 is 22.7 Å². The Kier molecular flexibility index (Phi) is 6.04. The fraction of sp³-hybridized carbons (Fsp3) is 0. The minimum atomic E-state index is -2.60. The van der Waals surface area contributed by atoms with Gasteiger partial charge in [0.2, 0.25) is 0 Å². The van der Waals surface area contributed by atoms with Gasteiger partial charge in [-0.15, -0.1) is 0 Å². The van der Waals surface area contributed by atoms with E-state index in [-0.39, 0.29) is 11.1 Å². The first-order chi connectivity index (χ1) is 7.34. The maximum Gasteiger partial charge on any atom is 0.335 e. The van der Waals surface area contributed by atoms with Gasteiger partial charge in [0.05, 0.1) is 11.1 Å². The first kappa shape index (κ1) is 14.3. The highest BCUT2D eigenvalue weighted by Gasteiger charge is 2.04. The predicted molar refractivity (Wildman–Crippen MR) is 42.6 cm³/mol. The van der Waals surface area contributed by atoms with Gasteiger partial charge in [0.1, 0.15) is 0 Å². The molecule has 3 N–H and O–H groups in total. The third-order valence-electron chi connectivity index (χ3n) is 1.38. The van der Waals surface area contributed by atoms with Crippen molar-refractivity contribution in [1.82, 2.24) is 0 Å². The van der Waals surface area contributed by atoms with Crippen LogP contribution in [0.15, 0.2) is 24.3 Å². The molecule has 16 heavy (non-hydrogen) atoms. The molecule has 0 aliphatic carbocycles. The lowest BCUT2D eigenvalue weighted by molar-refractivity contribution is -1.63. The number of carboxylic acid groups (broad SMARTS) is 2. The summed E-state index contributed by atoms with van der Waals surface area (Å²) in [6.45, 7) is 0. The van der Waals surface area contributed by atoms with Crippen molar-refractivity contribution in [1.29, 1.82) is 0 Å². The number of carboxylic acids is 2. The molecule has 0 radical (unpaired) electrons. The van der Waals surface area contributed by atoms with Gasteiger partial charge in [-0.3, -0.25) is 0 Å². The summed E-state index contributed by atoms with van der Waals surface area (Å²) < 4.78 is 24.0. The second-order valence-corrected chi connectivity index (χ2v) is 2.79. The predicted octanol–water partition coefficient (Wildman–Crippen LogP) is -1.85. The summed E-state index contributed by atoms with van der Waals surface area (Å²) in [4.78, 5) is 20.7. The van der Waals surface area contributed by atoms with E-state index in [1.807, 2.05) is 0 Å². The number of carbonyl (C=O) groups is 2. The molecule has 0 saturated carbocycles. The average Bonchev–Trinajstić information content (AvgIpc) is 2.17. The Labute approximate surface area is 92.6 Å². The van der Waals surface area contributed by atoms with Crippen LogP contribution in [0.1, 0.15) is 20.7 Å². The molecule has 0 heterocycles. The van der Waals surface area contributed by atoms with Crippen molar-refractivity contribution in [2.24, 2.45) is 0 Å². The summed E-state index contributed by atoms with van der Waals surface area (Å²) in [5.74, 6) is -2.13. The number of halogens is 1. The van der Waals surface area contributed by atoms with E-state index in [9.17, 15) is 9.59 Å². The third kappa shape index (κ3) is 5.94. The minimum absolute atomic E-state index is 0.0833. The summed E-state index contributed by atoms with van der Waals surface area (Å²) in [5, 5.41) is 16.9. The van der Waals surface area contributed by atoms with Gasteiger partial charge < -0.3 is 19.5 Å². The Morgan fingerprint density at radius 1 is 0.938 bits per heavy atom. The molecule has 0 bridgehead atoms. The van der Waals surface area contributed by atoms with Crippen molar-refractivity contribution in [2.75, 3.05) is 0 Å². The van der Waals surface area contributed by atoms with Gasteiger partial charge >= 0.3 is 11.9 Å². The Hall–Kier alpha value is -1.67. The first-order valence-electron chi connectivity index (χ1n) is 3.65. The maximum absolute atomic E-state index is 10.3. The van der Waals surface area contributed by atoms with Gasteiger partial charge in [-0.1, -0.05) is 0 Å². The normalized spacial score (nSPS) is 9.25. The lowest BCUT2D eigenvalue weighted by atomic mass is 10.1. The SMILES string of the molecule is O=C(O)c1ccc(C(=O)O)cc1.[O-][Cl+2]([O-])O. The Bertz CT molecular complexity index is 323. The highest BCUT2D eigenvalue weighted by Crippen LogP contribution is 2.03. The number of aromatic carboxylic acids is 2. The van der Waals surface area contributed by atoms with Gasteiger partial charge in [-0.05, 0) is 24.3 Å². The second-order valence-electron chi connectivity index (χ2n) is 2.39. The molecule has 0 aliphatic rings. The molecular weight excluding hydrogens is 244 g/mol. The molecule has 0 aliphatic heterocycles. The van der Waals surface area contributed by atoms with E-state index in [0.29, 0.717) is 0 Å². The minimum Gasteiger partial charge on any atom is -0.478 e. The standard InChI is InChI=1S/C8H6O4.ClHO3/c9-7(10)5-1-2-6(4-3-5)8(11)12;2-1(3)4/h1-4H,(H,9,10)(H,11,12);2H. The molecule has 1 rings (SSSR count). The number of hydrogen-bond donors (Lipinski definition) is 3. The van der Waals surface area contributed by atoms with Gasteiger partial charge in [0.15, 0.2) is 0 Å². The highest BCUT2D eigenvalue weighted by atomic mass is 35.6. The van der Waals surface area contributed by atoms with Crippen LogP contribution < -0.4 is 9.32 Å². The largest absolute Gasteiger partial charge is 0.478 e. The molecule has 0 unspecified atom stereocenters. The van der Waals surface area contributed by atoms with E-state index in [1.165, 1.54) is 24.3 Å². The zero-order chi connectivity index (χ0) is 12.7. The van der Waals surface area contributed by atoms with Crippen LogP contribution in [0.4, 0.5) is 0 Å². The van der Waals surface area contributed by atoms with Crippen LogP contribution in [0.25, 0.3) is 0 Å². The monoisotopic (exact) mass is 250 g/mol. The Balaban J connectivity index is 0.000000487. The van der Waals surface area contributed by atoms with E-state index in [2.05, 4.69) is 0 Å². The smallest absolute Gasteiger partial charge is 0.335 e. The van der Waals surface area contributed by atoms with Gasteiger partial charge in [-0.25, -0.2) is 9.59 Å². The van der Waals surface area contributed by atoms with Gasteiger partial charge in [0.25, 0.3) is 10.8 Å². The molecule has 8 heteroatoms. The van der Waals surface area contributed by atoms with E-state index in [4.69, 9.17) is 24.2 Å². The summed E-state index contributed by atoms with van der Waals surface area (Å²) in [6, 6.07) is 5.02. The summed E-state index contributed by atoms with van der Waals surface area (Å²) in [5.41, 5.74) is 0.167. The lowest BCUT2D eigenvalue weighted by Gasteiger charge is -1.94. The third-order valence-corrected chi connectivity index (χ3v) is 1.38. The van der Waals surface area contributed by atoms with Crippen molar-refractivity contribution in [3.05, 3.63) is 35.4 Å². The van der Waals surface area contributed by atoms with Crippen LogP contribution in [-0.4, -0.2) is 26.8 Å². The van der Waals surface area contributed by atoms with Gasteiger partial charge in [-0.2, -0.15) is 0 Å². The van der Waals surface area contributed by atoms with Gasteiger partial charge in [0, 0.05) is 4.66 Å². The molecule has 0 amide bonds. The van der Waals surface area contributed by atoms with E-state index in [1.54, 1.807) is 0 Å². The average molecular weight is 251 g/mol. The Morgan fingerprint density at radius 2 is 1.12 bits per heavy atom. The first-order valence-corrected chi connectivity index (χ1v) is 4.61. The van der Waals surface area contributed by atoms with Crippen LogP contribution in [0.5, 0.6) is 0 Å². The highest BCUT2D eigenvalue weighted by molar-refractivity contribution is 5.91. The molecule has 1 aromatic carbocycles. The van der Waals surface area contributed by atoms with Crippen LogP contribution >= 0.6 is 0 Å². The molecule has 0 atom stereocenters. The zero-order valence-electron chi connectivity index (χ0n) is 7.66. The van der Waals surface area contributed by atoms with Crippen molar-refractivity contribution in [2.45, 2.75) is 0 Å². The van der Waals surface area contributed by atoms with Crippen LogP contribution in [0, 0.1) is 10.8 Å². The van der Waals surface area contributed by atoms with Crippen molar-refractivity contribution in [3.8, 4) is 0 Å². The molecule has 1 aromatic rings. The fourth-order valence-corrected chi connectivity index (χ4v) is 0.755. The second kappa shape index (κ2) is 6.75. The van der Waals surface area contributed by atoms with Crippen LogP contribution in [-0.2, 0) is 0 Å². The van der Waals surface area contributed by atoms with E-state index in [0.717, 1.165) is 0 Å². The number of hydrogen-bond acceptors (Lipinski definition) is 5. The molecule has 0 aromatic heterocycles. The Morgan fingerprint density at radius 3 is 1.25 bits per heavy atom. The van der Waals surface area contributed by atoms with E-state index >= 15 is 0 Å². The van der Waals surface area contributed by atoms with Crippen molar-refractivity contribution in [3.63, 3.8) is 0 Å². The zero-order valence-corrected chi connectivity index (χ0v) is 8.42. The molecule has 7 nitrogen and oxygen atoms in total. The molecule has 0 spiro atoms. The van der Waals surface area contributed by atoms with Crippen molar-refractivity contribution < 1.29 is 44.6 Å². The fourth-order valence-electron chi connectivity index (χ4n) is 0.755. The molecule has 0 saturated heterocycles. The number of rotatable bonds is 2.